The highest BCUT2D eigenvalue weighted by atomic mass is 32.1. The van der Waals surface area contributed by atoms with Gasteiger partial charge in [-0.25, -0.2) is 15.0 Å². The average Bonchev–Trinajstić information content (AvgIpc) is 3.41. The van der Waals surface area contributed by atoms with E-state index in [4.69, 9.17) is 4.74 Å². The molecule has 0 aromatic carbocycles. The van der Waals surface area contributed by atoms with Crippen molar-refractivity contribution in [1.29, 1.82) is 0 Å². The maximum absolute atomic E-state index is 12.3. The van der Waals surface area contributed by atoms with Crippen LogP contribution < -0.4 is 5.32 Å². The molecular formula is C17H16N4O2S2. The van der Waals surface area contributed by atoms with E-state index < -0.39 is 0 Å². The van der Waals surface area contributed by atoms with Crippen molar-refractivity contribution in [3.8, 4) is 10.8 Å². The molecular weight excluding hydrogens is 356 g/mol. The fourth-order valence-corrected chi connectivity index (χ4v) is 4.38. The van der Waals surface area contributed by atoms with E-state index in [1.807, 2.05) is 17.5 Å². The van der Waals surface area contributed by atoms with Gasteiger partial charge in [0.05, 0.1) is 23.2 Å². The van der Waals surface area contributed by atoms with Gasteiger partial charge in [0.1, 0.15) is 0 Å². The maximum Gasteiger partial charge on any atom is 0.261 e. The molecule has 0 spiro atoms. The molecule has 1 aliphatic heterocycles. The monoisotopic (exact) mass is 372 g/mol. The van der Waals surface area contributed by atoms with Crippen molar-refractivity contribution < 1.29 is 9.53 Å². The van der Waals surface area contributed by atoms with E-state index in [1.165, 1.54) is 22.7 Å². The van der Waals surface area contributed by atoms with Crippen LogP contribution in [0.25, 0.3) is 10.8 Å². The van der Waals surface area contributed by atoms with E-state index in [0.29, 0.717) is 17.2 Å². The average molecular weight is 372 g/mol. The molecule has 1 N–H and O–H groups in total. The number of ether oxygens (including phenoxy) is 1. The molecule has 8 heteroatoms. The van der Waals surface area contributed by atoms with Gasteiger partial charge in [0.15, 0.2) is 10.8 Å². The first kappa shape index (κ1) is 16.3. The Labute approximate surface area is 152 Å². The standard InChI is InChI=1S/C17H16N4O2S2/c22-16(14-5-4-13(25-14)12-3-1-8-23-12)20-9-11-10-24-17(21-11)15-18-6-2-7-19-15/h2,4-7,10,12H,1,3,8-9H2,(H,20,22). The van der Waals surface area contributed by atoms with Crippen LogP contribution in [-0.2, 0) is 11.3 Å². The molecule has 0 saturated carbocycles. The zero-order chi connectivity index (χ0) is 17.1. The van der Waals surface area contributed by atoms with E-state index in [0.717, 1.165) is 35.0 Å². The van der Waals surface area contributed by atoms with E-state index >= 15 is 0 Å². The smallest absolute Gasteiger partial charge is 0.261 e. The SMILES string of the molecule is O=C(NCc1csc(-c2ncccn2)n1)c1ccc(C2CCCO2)s1. The first-order valence-corrected chi connectivity index (χ1v) is 9.70. The molecule has 25 heavy (non-hydrogen) atoms. The minimum atomic E-state index is -0.0836. The summed E-state index contributed by atoms with van der Waals surface area (Å²) in [6, 6.07) is 5.62. The molecule has 3 aromatic rings. The normalized spacial score (nSPS) is 16.9. The number of carbonyl (C=O) groups is 1. The van der Waals surface area contributed by atoms with E-state index in [1.54, 1.807) is 18.5 Å². The summed E-state index contributed by atoms with van der Waals surface area (Å²) in [5, 5.41) is 5.58. The van der Waals surface area contributed by atoms with Crippen LogP contribution in [0, 0.1) is 0 Å². The number of thiazole rings is 1. The summed E-state index contributed by atoms with van der Waals surface area (Å²) >= 11 is 2.97. The first-order chi connectivity index (χ1) is 12.3. The number of thiophene rings is 1. The molecule has 1 amide bonds. The molecule has 1 saturated heterocycles. The Bertz CT molecular complexity index is 856. The maximum atomic E-state index is 12.3. The summed E-state index contributed by atoms with van der Waals surface area (Å²) in [5.41, 5.74) is 0.803. The van der Waals surface area contributed by atoms with Crippen LogP contribution in [0.1, 0.15) is 39.2 Å². The lowest BCUT2D eigenvalue weighted by Crippen LogP contribution is -2.21. The Morgan fingerprint density at radius 1 is 1.32 bits per heavy atom. The van der Waals surface area contributed by atoms with Crippen LogP contribution in [0.15, 0.2) is 36.0 Å². The molecule has 1 aliphatic rings. The van der Waals surface area contributed by atoms with E-state index in [2.05, 4.69) is 20.3 Å². The van der Waals surface area contributed by atoms with Crippen molar-refractivity contribution in [3.05, 3.63) is 51.4 Å². The number of aromatic nitrogens is 3. The molecule has 6 nitrogen and oxygen atoms in total. The number of nitrogens with one attached hydrogen (secondary N) is 1. The molecule has 0 radical (unpaired) electrons. The molecule has 3 aromatic heterocycles. The molecule has 0 bridgehead atoms. The molecule has 4 heterocycles. The van der Waals surface area contributed by atoms with Crippen LogP contribution in [0.4, 0.5) is 0 Å². The summed E-state index contributed by atoms with van der Waals surface area (Å²) in [7, 11) is 0. The minimum absolute atomic E-state index is 0.0836. The van der Waals surface area contributed by atoms with Crippen LogP contribution in [-0.4, -0.2) is 27.5 Å². The summed E-state index contributed by atoms with van der Waals surface area (Å²) in [5.74, 6) is 0.518. The molecule has 1 fully saturated rings. The van der Waals surface area contributed by atoms with Gasteiger partial charge in [-0.2, -0.15) is 0 Å². The summed E-state index contributed by atoms with van der Waals surface area (Å²) < 4.78 is 5.66. The Morgan fingerprint density at radius 2 is 2.20 bits per heavy atom. The number of amides is 1. The lowest BCUT2D eigenvalue weighted by Gasteiger charge is -2.05. The van der Waals surface area contributed by atoms with Crippen molar-refractivity contribution in [3.63, 3.8) is 0 Å². The largest absolute Gasteiger partial charge is 0.373 e. The lowest BCUT2D eigenvalue weighted by atomic mass is 10.2. The van der Waals surface area contributed by atoms with Crippen LogP contribution in [0.2, 0.25) is 0 Å². The highest BCUT2D eigenvalue weighted by Crippen LogP contribution is 2.33. The second kappa shape index (κ2) is 7.38. The summed E-state index contributed by atoms with van der Waals surface area (Å²) in [6.45, 7) is 1.19. The van der Waals surface area contributed by atoms with Gasteiger partial charge in [-0.1, -0.05) is 0 Å². The van der Waals surface area contributed by atoms with E-state index in [-0.39, 0.29) is 12.0 Å². The van der Waals surface area contributed by atoms with Gasteiger partial charge in [-0.05, 0) is 31.0 Å². The zero-order valence-electron chi connectivity index (χ0n) is 13.3. The quantitative estimate of drug-likeness (QED) is 0.742. The minimum Gasteiger partial charge on any atom is -0.373 e. The van der Waals surface area contributed by atoms with E-state index in [9.17, 15) is 4.79 Å². The number of hydrogen-bond donors (Lipinski definition) is 1. The number of carbonyl (C=O) groups excluding carboxylic acids is 1. The third-order valence-electron chi connectivity index (χ3n) is 3.84. The highest BCUT2D eigenvalue weighted by molar-refractivity contribution is 7.14. The van der Waals surface area contributed by atoms with Crippen molar-refractivity contribution in [1.82, 2.24) is 20.3 Å². The van der Waals surface area contributed by atoms with Crippen LogP contribution in [0.5, 0.6) is 0 Å². The van der Waals surface area contributed by atoms with Crippen molar-refractivity contribution >= 4 is 28.6 Å². The predicted octanol–water partition coefficient (Wildman–Crippen LogP) is 3.44. The highest BCUT2D eigenvalue weighted by Gasteiger charge is 2.21. The van der Waals surface area contributed by atoms with Crippen LogP contribution in [0.3, 0.4) is 0 Å². The van der Waals surface area contributed by atoms with Crippen molar-refractivity contribution in [2.75, 3.05) is 6.61 Å². The Kier molecular flexibility index (Phi) is 4.82. The molecule has 128 valence electrons. The Balaban J connectivity index is 1.37. The number of rotatable bonds is 5. The van der Waals surface area contributed by atoms with Gasteiger partial charge in [-0.15, -0.1) is 22.7 Å². The summed E-state index contributed by atoms with van der Waals surface area (Å²) in [6.07, 6.45) is 5.64. The molecule has 0 aliphatic carbocycles. The van der Waals surface area contributed by atoms with Gasteiger partial charge in [0.25, 0.3) is 5.91 Å². The topological polar surface area (TPSA) is 77.0 Å². The molecule has 1 unspecified atom stereocenters. The third-order valence-corrected chi connectivity index (χ3v) is 5.90. The third kappa shape index (κ3) is 3.76. The predicted molar refractivity (Wildman–Crippen MR) is 96.6 cm³/mol. The van der Waals surface area contributed by atoms with Gasteiger partial charge in [0, 0.05) is 29.3 Å². The van der Waals surface area contributed by atoms with Crippen LogP contribution >= 0.6 is 22.7 Å². The lowest BCUT2D eigenvalue weighted by molar-refractivity contribution is 0.0954. The molecule has 1 atom stereocenters. The number of hydrogen-bond acceptors (Lipinski definition) is 7. The van der Waals surface area contributed by atoms with Gasteiger partial charge in [-0.3, -0.25) is 4.79 Å². The Morgan fingerprint density at radius 3 is 3.00 bits per heavy atom. The zero-order valence-corrected chi connectivity index (χ0v) is 15.0. The fraction of sp³-hybridized carbons (Fsp3) is 0.294. The fourth-order valence-electron chi connectivity index (χ4n) is 2.61. The molecule has 4 rings (SSSR count). The second-order valence-corrected chi connectivity index (χ2v) is 7.58. The number of nitrogens with zero attached hydrogens (tertiary/aromatic N) is 3. The Hall–Kier alpha value is -2.16. The van der Waals surface area contributed by atoms with Gasteiger partial charge >= 0.3 is 0 Å². The van der Waals surface area contributed by atoms with Crippen molar-refractivity contribution in [2.24, 2.45) is 0 Å². The van der Waals surface area contributed by atoms with Gasteiger partial charge in [0.2, 0.25) is 0 Å². The first-order valence-electron chi connectivity index (χ1n) is 8.01. The summed E-state index contributed by atoms with van der Waals surface area (Å²) in [4.78, 5) is 27.0. The van der Waals surface area contributed by atoms with Crippen molar-refractivity contribution in [2.45, 2.75) is 25.5 Å². The van der Waals surface area contributed by atoms with Gasteiger partial charge < -0.3 is 10.1 Å². The second-order valence-electron chi connectivity index (χ2n) is 5.60.